The second-order valence-corrected chi connectivity index (χ2v) is 8.21. The molecule has 0 aromatic heterocycles. The van der Waals surface area contributed by atoms with Gasteiger partial charge in [0.25, 0.3) is 0 Å². The first-order valence-electron chi connectivity index (χ1n) is 10.4. The summed E-state index contributed by atoms with van der Waals surface area (Å²) < 4.78 is 10.3. The molecule has 0 fully saturated rings. The minimum atomic E-state index is -0.592. The van der Waals surface area contributed by atoms with Gasteiger partial charge in [-0.2, -0.15) is 0 Å². The Morgan fingerprint density at radius 2 is 1.50 bits per heavy atom. The first kappa shape index (κ1) is 24.7. The molecule has 0 atom stereocenters. The molecule has 0 saturated carbocycles. The van der Waals surface area contributed by atoms with E-state index in [1.165, 1.54) is 0 Å². The van der Waals surface area contributed by atoms with Crippen molar-refractivity contribution in [3.8, 4) is 5.75 Å². The van der Waals surface area contributed by atoms with Gasteiger partial charge in [0.15, 0.2) is 0 Å². The fraction of sp³-hybridized carbons (Fsp3) is 0.375. The summed E-state index contributed by atoms with van der Waals surface area (Å²) in [6.07, 6.45) is 0.435. The van der Waals surface area contributed by atoms with Crippen LogP contribution in [0.25, 0.3) is 0 Å². The summed E-state index contributed by atoms with van der Waals surface area (Å²) in [5.41, 5.74) is 1.56. The van der Waals surface area contributed by atoms with E-state index in [0.29, 0.717) is 24.2 Å². The van der Waals surface area contributed by atoms with Crippen molar-refractivity contribution in [2.45, 2.75) is 45.6 Å². The molecular formula is C24H31N3O5. The fourth-order valence-corrected chi connectivity index (χ4v) is 2.80. The smallest absolute Gasteiger partial charge is 0.407 e. The summed E-state index contributed by atoms with van der Waals surface area (Å²) in [6, 6.07) is 14.5. The van der Waals surface area contributed by atoms with Crippen LogP contribution in [-0.4, -0.2) is 37.2 Å². The zero-order valence-electron chi connectivity index (χ0n) is 19.0. The number of alkyl carbamates (subject to hydrolysis) is 1. The number of aryl methyl sites for hydroxylation is 1. The third kappa shape index (κ3) is 9.51. The van der Waals surface area contributed by atoms with Crippen molar-refractivity contribution < 1.29 is 23.9 Å². The van der Waals surface area contributed by atoms with Crippen LogP contribution in [0.4, 0.5) is 16.2 Å². The number of hydrogen-bond donors (Lipinski definition) is 3. The van der Waals surface area contributed by atoms with Gasteiger partial charge in [0.1, 0.15) is 11.4 Å². The van der Waals surface area contributed by atoms with Gasteiger partial charge in [-0.25, -0.2) is 4.79 Å². The molecule has 0 aliphatic rings. The third-order valence-corrected chi connectivity index (χ3v) is 4.23. The van der Waals surface area contributed by atoms with Gasteiger partial charge in [0, 0.05) is 30.8 Å². The van der Waals surface area contributed by atoms with Crippen LogP contribution in [0.2, 0.25) is 0 Å². The van der Waals surface area contributed by atoms with E-state index in [0.717, 1.165) is 11.3 Å². The molecule has 0 spiro atoms. The normalized spacial score (nSPS) is 10.8. The van der Waals surface area contributed by atoms with E-state index in [-0.39, 0.29) is 24.8 Å². The second-order valence-electron chi connectivity index (χ2n) is 8.21. The molecule has 0 aliphatic carbocycles. The Kier molecular flexibility index (Phi) is 9.07. The predicted molar refractivity (Wildman–Crippen MR) is 124 cm³/mol. The van der Waals surface area contributed by atoms with E-state index in [2.05, 4.69) is 16.0 Å². The molecule has 172 valence electrons. The first-order chi connectivity index (χ1) is 15.1. The van der Waals surface area contributed by atoms with Crippen molar-refractivity contribution in [3.05, 3.63) is 54.1 Å². The minimum absolute atomic E-state index is 0.0936. The number of carbonyl (C=O) groups excluding carboxylic acids is 3. The summed E-state index contributed by atoms with van der Waals surface area (Å²) in [5, 5.41) is 8.13. The maximum atomic E-state index is 12.3. The average Bonchev–Trinajstić information content (AvgIpc) is 2.71. The van der Waals surface area contributed by atoms with Gasteiger partial charge >= 0.3 is 6.09 Å². The molecule has 3 amide bonds. The minimum Gasteiger partial charge on any atom is -0.497 e. The molecule has 2 aromatic rings. The molecular weight excluding hydrogens is 410 g/mol. The van der Waals surface area contributed by atoms with Crippen molar-refractivity contribution in [1.82, 2.24) is 5.32 Å². The Balaban J connectivity index is 1.77. The average molecular weight is 442 g/mol. The van der Waals surface area contributed by atoms with Gasteiger partial charge in [-0.15, -0.1) is 0 Å². The number of hydrogen-bond acceptors (Lipinski definition) is 5. The largest absolute Gasteiger partial charge is 0.497 e. The number of anilines is 2. The van der Waals surface area contributed by atoms with Crippen LogP contribution < -0.4 is 20.7 Å². The predicted octanol–water partition coefficient (Wildman–Crippen LogP) is 4.12. The molecule has 32 heavy (non-hydrogen) atoms. The first-order valence-corrected chi connectivity index (χ1v) is 10.4. The Morgan fingerprint density at radius 3 is 2.12 bits per heavy atom. The van der Waals surface area contributed by atoms with Gasteiger partial charge in [-0.1, -0.05) is 18.2 Å². The number of carbonyl (C=O) groups is 3. The van der Waals surface area contributed by atoms with Crippen molar-refractivity contribution in [2.75, 3.05) is 24.3 Å². The highest BCUT2D eigenvalue weighted by Gasteiger charge is 2.16. The van der Waals surface area contributed by atoms with E-state index in [1.54, 1.807) is 52.1 Å². The molecule has 2 rings (SSSR count). The summed E-state index contributed by atoms with van der Waals surface area (Å²) in [5.74, 6) is 0.369. The number of amides is 3. The molecule has 3 N–H and O–H groups in total. The Bertz CT molecular complexity index is 937. The Morgan fingerprint density at radius 1 is 0.875 bits per heavy atom. The topological polar surface area (TPSA) is 106 Å². The van der Waals surface area contributed by atoms with Gasteiger partial charge in [-0.05, 0) is 63.1 Å². The molecule has 0 unspecified atom stereocenters. The van der Waals surface area contributed by atoms with Crippen LogP contribution in [0, 0.1) is 0 Å². The Labute approximate surface area is 188 Å². The highest BCUT2D eigenvalue weighted by atomic mass is 16.6. The number of rotatable bonds is 9. The van der Waals surface area contributed by atoms with Crippen molar-refractivity contribution in [2.24, 2.45) is 0 Å². The van der Waals surface area contributed by atoms with Crippen LogP contribution in [-0.2, 0) is 20.7 Å². The summed E-state index contributed by atoms with van der Waals surface area (Å²) in [4.78, 5) is 36.0. The molecule has 0 heterocycles. The monoisotopic (exact) mass is 441 g/mol. The molecule has 0 radical (unpaired) electrons. The van der Waals surface area contributed by atoms with Crippen molar-refractivity contribution >= 4 is 29.3 Å². The zero-order chi connectivity index (χ0) is 23.6. The van der Waals surface area contributed by atoms with Gasteiger partial charge < -0.3 is 25.4 Å². The van der Waals surface area contributed by atoms with Crippen molar-refractivity contribution in [3.63, 3.8) is 0 Å². The zero-order valence-corrected chi connectivity index (χ0v) is 19.0. The number of nitrogens with one attached hydrogen (secondary N) is 3. The maximum Gasteiger partial charge on any atom is 0.407 e. The molecule has 8 nitrogen and oxygen atoms in total. The SMILES string of the molecule is COc1cccc(CCC(=O)Nc2cccc(NC(=O)CCNC(=O)OC(C)(C)C)c2)c1. The summed E-state index contributed by atoms with van der Waals surface area (Å²) in [7, 11) is 1.61. The standard InChI is InChI=1S/C24H31N3O5/c1-24(2,3)32-23(30)25-14-13-22(29)27-19-9-6-8-18(16-19)26-21(28)12-11-17-7-5-10-20(15-17)31-4/h5-10,15-16H,11-14H2,1-4H3,(H,25,30)(H,26,28)(H,27,29). The lowest BCUT2D eigenvalue weighted by Crippen LogP contribution is -2.34. The lowest BCUT2D eigenvalue weighted by Gasteiger charge is -2.19. The van der Waals surface area contributed by atoms with E-state index in [9.17, 15) is 14.4 Å². The number of benzene rings is 2. The lowest BCUT2D eigenvalue weighted by molar-refractivity contribution is -0.116. The summed E-state index contributed by atoms with van der Waals surface area (Å²) in [6.45, 7) is 5.46. The third-order valence-electron chi connectivity index (χ3n) is 4.23. The molecule has 0 aliphatic heterocycles. The van der Waals surface area contributed by atoms with Crippen LogP contribution in [0.15, 0.2) is 48.5 Å². The van der Waals surface area contributed by atoms with E-state index in [4.69, 9.17) is 9.47 Å². The molecule has 2 aromatic carbocycles. The number of ether oxygens (including phenoxy) is 2. The lowest BCUT2D eigenvalue weighted by atomic mass is 10.1. The van der Waals surface area contributed by atoms with Crippen LogP contribution >= 0.6 is 0 Å². The second kappa shape index (κ2) is 11.7. The highest BCUT2D eigenvalue weighted by Crippen LogP contribution is 2.17. The van der Waals surface area contributed by atoms with Gasteiger partial charge in [0.05, 0.1) is 7.11 Å². The molecule has 0 saturated heterocycles. The highest BCUT2D eigenvalue weighted by molar-refractivity contribution is 5.94. The molecule has 0 bridgehead atoms. The summed E-state index contributed by atoms with van der Waals surface area (Å²) >= 11 is 0. The van der Waals surface area contributed by atoms with Gasteiger partial charge in [0.2, 0.25) is 11.8 Å². The Hall–Kier alpha value is -3.55. The number of methoxy groups -OCH3 is 1. The quantitative estimate of drug-likeness (QED) is 0.543. The van der Waals surface area contributed by atoms with E-state index < -0.39 is 11.7 Å². The van der Waals surface area contributed by atoms with E-state index in [1.807, 2.05) is 24.3 Å². The maximum absolute atomic E-state index is 12.3. The van der Waals surface area contributed by atoms with Crippen LogP contribution in [0.1, 0.15) is 39.2 Å². The van der Waals surface area contributed by atoms with Crippen LogP contribution in [0.3, 0.4) is 0 Å². The fourth-order valence-electron chi connectivity index (χ4n) is 2.80. The van der Waals surface area contributed by atoms with Crippen LogP contribution in [0.5, 0.6) is 5.75 Å². The van der Waals surface area contributed by atoms with Gasteiger partial charge in [-0.3, -0.25) is 9.59 Å². The van der Waals surface area contributed by atoms with Crippen molar-refractivity contribution in [1.29, 1.82) is 0 Å². The molecule has 8 heteroatoms. The van der Waals surface area contributed by atoms with E-state index >= 15 is 0 Å².